The van der Waals surface area contributed by atoms with Gasteiger partial charge in [0.2, 0.25) is 17.7 Å². The number of amides is 3. The van der Waals surface area contributed by atoms with Crippen LogP contribution >= 0.6 is 0 Å². The molecule has 0 radical (unpaired) electrons. The van der Waals surface area contributed by atoms with Gasteiger partial charge >= 0.3 is 0 Å². The summed E-state index contributed by atoms with van der Waals surface area (Å²) < 4.78 is 14.0. The second-order valence-electron chi connectivity index (χ2n) is 6.60. The summed E-state index contributed by atoms with van der Waals surface area (Å²) in [4.78, 5) is 46.7. The van der Waals surface area contributed by atoms with Crippen molar-refractivity contribution in [2.45, 2.75) is 31.8 Å². The molecule has 158 valence electrons. The molecule has 0 unspecified atom stereocenters. The SMILES string of the molecule is CC(=O)N[C@H](Cc1ccccc1F)C(=O)N[C@@H](Cc1ccccc1[N+](=O)[O-])C(N)=O. The summed E-state index contributed by atoms with van der Waals surface area (Å²) in [7, 11) is 0. The van der Waals surface area contributed by atoms with Crippen LogP contribution in [-0.4, -0.2) is 34.7 Å². The molecule has 4 N–H and O–H groups in total. The van der Waals surface area contributed by atoms with E-state index < -0.39 is 40.5 Å². The van der Waals surface area contributed by atoms with Gasteiger partial charge in [-0.25, -0.2) is 4.39 Å². The third-order valence-corrected chi connectivity index (χ3v) is 4.35. The summed E-state index contributed by atoms with van der Waals surface area (Å²) in [5.41, 5.74) is 5.55. The fourth-order valence-corrected chi connectivity index (χ4v) is 2.92. The van der Waals surface area contributed by atoms with Gasteiger partial charge < -0.3 is 16.4 Å². The number of hydrogen-bond acceptors (Lipinski definition) is 5. The van der Waals surface area contributed by atoms with Gasteiger partial charge in [0, 0.05) is 31.4 Å². The molecule has 0 bridgehead atoms. The van der Waals surface area contributed by atoms with Crippen molar-refractivity contribution in [2.75, 3.05) is 0 Å². The number of para-hydroxylation sites is 1. The van der Waals surface area contributed by atoms with Crippen molar-refractivity contribution >= 4 is 23.4 Å². The molecule has 0 heterocycles. The van der Waals surface area contributed by atoms with Crippen molar-refractivity contribution in [3.63, 3.8) is 0 Å². The van der Waals surface area contributed by atoms with Crippen molar-refractivity contribution in [1.82, 2.24) is 10.6 Å². The molecule has 10 heteroatoms. The number of halogens is 1. The van der Waals surface area contributed by atoms with Crippen LogP contribution in [0.4, 0.5) is 10.1 Å². The van der Waals surface area contributed by atoms with Crippen LogP contribution in [0, 0.1) is 15.9 Å². The van der Waals surface area contributed by atoms with E-state index in [2.05, 4.69) is 10.6 Å². The van der Waals surface area contributed by atoms with E-state index in [9.17, 15) is 28.9 Å². The van der Waals surface area contributed by atoms with E-state index in [1.54, 1.807) is 12.1 Å². The molecule has 0 spiro atoms. The molecular formula is C20H21FN4O5. The number of nitro groups is 1. The number of carbonyl (C=O) groups excluding carboxylic acids is 3. The van der Waals surface area contributed by atoms with E-state index in [0.717, 1.165) is 0 Å². The minimum Gasteiger partial charge on any atom is -0.368 e. The van der Waals surface area contributed by atoms with Crippen LogP contribution in [0.15, 0.2) is 48.5 Å². The zero-order valence-electron chi connectivity index (χ0n) is 16.1. The standard InChI is InChI=1S/C20H21FN4O5/c1-12(26)23-17(10-13-6-2-4-8-15(13)21)20(28)24-16(19(22)27)11-14-7-3-5-9-18(14)25(29)30/h2-9,16-17H,10-11H2,1H3,(H2,22,27)(H,23,26)(H,24,28)/t16-,17+/m0/s1. The molecule has 3 amide bonds. The number of carbonyl (C=O) groups is 3. The fraction of sp³-hybridized carbons (Fsp3) is 0.250. The van der Waals surface area contributed by atoms with Gasteiger partial charge in [0.25, 0.3) is 5.69 Å². The molecule has 2 aromatic carbocycles. The summed E-state index contributed by atoms with van der Waals surface area (Å²) in [5.74, 6) is -2.75. The first-order valence-corrected chi connectivity index (χ1v) is 9.01. The smallest absolute Gasteiger partial charge is 0.272 e. The highest BCUT2D eigenvalue weighted by molar-refractivity contribution is 5.91. The maximum atomic E-state index is 14.0. The Morgan fingerprint density at radius 2 is 1.57 bits per heavy atom. The highest BCUT2D eigenvalue weighted by atomic mass is 19.1. The molecule has 0 saturated carbocycles. The van der Waals surface area contributed by atoms with Gasteiger partial charge in [0.15, 0.2) is 0 Å². The average Bonchev–Trinajstić information content (AvgIpc) is 2.68. The first-order valence-electron chi connectivity index (χ1n) is 9.01. The summed E-state index contributed by atoms with van der Waals surface area (Å²) in [6.07, 6.45) is -0.375. The Bertz CT molecular complexity index is 966. The maximum absolute atomic E-state index is 14.0. The van der Waals surface area contributed by atoms with Gasteiger partial charge in [-0.05, 0) is 11.6 Å². The van der Waals surface area contributed by atoms with Gasteiger partial charge in [-0.3, -0.25) is 24.5 Å². The van der Waals surface area contributed by atoms with Crippen molar-refractivity contribution in [1.29, 1.82) is 0 Å². The number of rotatable bonds is 9. The van der Waals surface area contributed by atoms with Gasteiger partial charge in [-0.1, -0.05) is 36.4 Å². The van der Waals surface area contributed by atoms with Crippen molar-refractivity contribution in [3.05, 3.63) is 75.6 Å². The number of nitrogens with one attached hydrogen (secondary N) is 2. The van der Waals surface area contributed by atoms with Crippen molar-refractivity contribution in [2.24, 2.45) is 5.73 Å². The quantitative estimate of drug-likeness (QED) is 0.412. The Morgan fingerprint density at radius 1 is 1.00 bits per heavy atom. The number of primary amides is 1. The summed E-state index contributed by atoms with van der Waals surface area (Å²) >= 11 is 0. The molecular weight excluding hydrogens is 395 g/mol. The Hall–Kier alpha value is -3.82. The van der Waals surface area contributed by atoms with E-state index in [0.29, 0.717) is 0 Å². The highest BCUT2D eigenvalue weighted by Gasteiger charge is 2.28. The summed E-state index contributed by atoms with van der Waals surface area (Å²) in [6.45, 7) is 1.19. The summed E-state index contributed by atoms with van der Waals surface area (Å²) in [6, 6.07) is 9.07. The van der Waals surface area contributed by atoms with E-state index >= 15 is 0 Å². The number of benzene rings is 2. The lowest BCUT2D eigenvalue weighted by Gasteiger charge is -2.22. The lowest BCUT2D eigenvalue weighted by molar-refractivity contribution is -0.385. The van der Waals surface area contributed by atoms with E-state index in [4.69, 9.17) is 5.73 Å². The molecule has 0 fully saturated rings. The maximum Gasteiger partial charge on any atom is 0.272 e. The molecule has 0 aromatic heterocycles. The predicted molar refractivity (Wildman–Crippen MR) is 106 cm³/mol. The van der Waals surface area contributed by atoms with Crippen LogP contribution in [0.1, 0.15) is 18.1 Å². The number of hydrogen-bond donors (Lipinski definition) is 3. The largest absolute Gasteiger partial charge is 0.368 e. The first kappa shape index (κ1) is 22.5. The number of nitro benzene ring substituents is 1. The van der Waals surface area contributed by atoms with Crippen LogP contribution in [0.25, 0.3) is 0 Å². The second kappa shape index (κ2) is 10.1. The number of nitrogens with zero attached hydrogens (tertiary/aromatic N) is 1. The van der Waals surface area contributed by atoms with Gasteiger partial charge in [0.1, 0.15) is 17.9 Å². The van der Waals surface area contributed by atoms with E-state index in [1.165, 1.54) is 43.3 Å². The van der Waals surface area contributed by atoms with Crippen LogP contribution in [0.3, 0.4) is 0 Å². The van der Waals surface area contributed by atoms with E-state index in [1.807, 2.05) is 0 Å². The highest BCUT2D eigenvalue weighted by Crippen LogP contribution is 2.19. The Labute approximate surface area is 171 Å². The molecule has 0 saturated heterocycles. The van der Waals surface area contributed by atoms with Crippen LogP contribution < -0.4 is 16.4 Å². The molecule has 2 rings (SSSR count). The molecule has 0 aliphatic heterocycles. The Kier molecular flexibility index (Phi) is 7.56. The normalized spacial score (nSPS) is 12.5. The van der Waals surface area contributed by atoms with Crippen LogP contribution in [-0.2, 0) is 27.2 Å². The molecule has 30 heavy (non-hydrogen) atoms. The number of nitrogens with two attached hydrogens (primary N) is 1. The molecule has 2 atom stereocenters. The monoisotopic (exact) mass is 416 g/mol. The minimum atomic E-state index is -1.27. The minimum absolute atomic E-state index is 0.158. The molecule has 0 aliphatic carbocycles. The molecule has 0 aliphatic rings. The second-order valence-corrected chi connectivity index (χ2v) is 6.60. The van der Waals surface area contributed by atoms with Crippen molar-refractivity contribution < 1.29 is 23.7 Å². The fourth-order valence-electron chi connectivity index (χ4n) is 2.92. The predicted octanol–water partition coefficient (Wildman–Crippen LogP) is 0.994. The average molecular weight is 416 g/mol. The Morgan fingerprint density at radius 3 is 2.13 bits per heavy atom. The van der Waals surface area contributed by atoms with Crippen LogP contribution in [0.2, 0.25) is 0 Å². The molecule has 2 aromatic rings. The van der Waals surface area contributed by atoms with Gasteiger partial charge in [-0.15, -0.1) is 0 Å². The van der Waals surface area contributed by atoms with E-state index in [-0.39, 0.29) is 29.7 Å². The van der Waals surface area contributed by atoms with Crippen LogP contribution in [0.5, 0.6) is 0 Å². The summed E-state index contributed by atoms with van der Waals surface area (Å²) in [5, 5.41) is 16.0. The van der Waals surface area contributed by atoms with Crippen molar-refractivity contribution in [3.8, 4) is 0 Å². The molecule has 9 nitrogen and oxygen atoms in total. The topological polar surface area (TPSA) is 144 Å². The zero-order valence-corrected chi connectivity index (χ0v) is 16.1. The van der Waals surface area contributed by atoms with Gasteiger partial charge in [0.05, 0.1) is 4.92 Å². The third-order valence-electron chi connectivity index (χ3n) is 4.35. The lowest BCUT2D eigenvalue weighted by atomic mass is 10.0. The third kappa shape index (κ3) is 6.09. The lowest BCUT2D eigenvalue weighted by Crippen LogP contribution is -2.54. The zero-order chi connectivity index (χ0) is 22.3. The first-order chi connectivity index (χ1) is 14.2. The Balaban J connectivity index is 2.22. The van der Waals surface area contributed by atoms with Gasteiger partial charge in [-0.2, -0.15) is 0 Å².